The Morgan fingerprint density at radius 1 is 1.11 bits per heavy atom. The Labute approximate surface area is 156 Å². The van der Waals surface area contributed by atoms with Crippen LogP contribution in [0.15, 0.2) is 42.5 Å². The smallest absolute Gasteiger partial charge is 0.261 e. The maximum atomic E-state index is 14.0. The number of halogens is 1. The lowest BCUT2D eigenvalue weighted by Crippen LogP contribution is -2.44. The van der Waals surface area contributed by atoms with Gasteiger partial charge in [-0.3, -0.25) is 19.3 Å². The van der Waals surface area contributed by atoms with E-state index in [2.05, 4.69) is 5.32 Å². The molecule has 7 heteroatoms. The first-order chi connectivity index (χ1) is 12.9. The van der Waals surface area contributed by atoms with Crippen LogP contribution in [0.2, 0.25) is 0 Å². The minimum absolute atomic E-state index is 0.107. The first-order valence-corrected chi connectivity index (χ1v) is 8.52. The van der Waals surface area contributed by atoms with Crippen LogP contribution in [0.25, 0.3) is 0 Å². The molecule has 0 aromatic heterocycles. The molecular weight excluding hydrogens is 349 g/mol. The van der Waals surface area contributed by atoms with Crippen molar-refractivity contribution in [2.45, 2.75) is 12.5 Å². The minimum atomic E-state index is -0.530. The number of hydrogen-bond donors (Lipinski definition) is 1. The molecule has 1 N–H and O–H groups in total. The number of benzene rings is 2. The number of likely N-dealkylation sites (N-methyl/N-ethyl adjacent to an activating group) is 1. The number of carbonyl (C=O) groups is 3. The zero-order valence-electron chi connectivity index (χ0n) is 15.1. The average molecular weight is 369 g/mol. The van der Waals surface area contributed by atoms with Gasteiger partial charge in [0.15, 0.2) is 0 Å². The summed E-state index contributed by atoms with van der Waals surface area (Å²) in [6.07, 6.45) is 0.863. The van der Waals surface area contributed by atoms with Crippen molar-refractivity contribution in [2.75, 3.05) is 26.0 Å². The summed E-state index contributed by atoms with van der Waals surface area (Å²) < 4.78 is 14.0. The normalized spacial score (nSPS) is 14.4. The molecule has 1 aliphatic heterocycles. The molecule has 0 fully saturated rings. The van der Waals surface area contributed by atoms with Crippen molar-refractivity contribution >= 4 is 23.9 Å². The van der Waals surface area contributed by atoms with Crippen LogP contribution in [0.3, 0.4) is 0 Å². The predicted molar refractivity (Wildman–Crippen MR) is 99.1 cm³/mol. The van der Waals surface area contributed by atoms with E-state index in [9.17, 15) is 18.8 Å². The van der Waals surface area contributed by atoms with Crippen molar-refractivity contribution in [3.63, 3.8) is 0 Å². The number of amides is 3. The molecule has 3 rings (SSSR count). The van der Waals surface area contributed by atoms with Gasteiger partial charge in [-0.2, -0.15) is 0 Å². The quantitative estimate of drug-likeness (QED) is 0.600. The number of fused-ring (bicyclic) bond motifs is 1. The van der Waals surface area contributed by atoms with Crippen molar-refractivity contribution in [3.05, 3.63) is 65.0 Å². The van der Waals surface area contributed by atoms with Gasteiger partial charge in [0.1, 0.15) is 5.82 Å². The Bertz CT molecular complexity index is 863. The third-order valence-corrected chi connectivity index (χ3v) is 4.72. The molecule has 1 heterocycles. The van der Waals surface area contributed by atoms with Crippen LogP contribution in [0.5, 0.6) is 0 Å². The fraction of sp³-hybridized carbons (Fsp3) is 0.250. The van der Waals surface area contributed by atoms with Gasteiger partial charge in [-0.05, 0) is 50.3 Å². The summed E-state index contributed by atoms with van der Waals surface area (Å²) in [6.45, 7) is 0.204. The molecular formula is C20H20FN3O3. The largest absolute Gasteiger partial charge is 0.326 e. The third kappa shape index (κ3) is 3.73. The summed E-state index contributed by atoms with van der Waals surface area (Å²) >= 11 is 0. The minimum Gasteiger partial charge on any atom is -0.326 e. The number of carbonyl (C=O) groups excluding carboxylic acids is 3. The van der Waals surface area contributed by atoms with Gasteiger partial charge in [-0.1, -0.05) is 18.2 Å². The molecule has 3 amide bonds. The summed E-state index contributed by atoms with van der Waals surface area (Å²) in [4.78, 5) is 38.8. The number of nitrogens with zero attached hydrogens (tertiary/aromatic N) is 2. The topological polar surface area (TPSA) is 69.7 Å². The van der Waals surface area contributed by atoms with Crippen LogP contribution >= 0.6 is 0 Å². The van der Waals surface area contributed by atoms with Crippen LogP contribution in [0.4, 0.5) is 10.1 Å². The van der Waals surface area contributed by atoms with Gasteiger partial charge >= 0.3 is 0 Å². The van der Waals surface area contributed by atoms with Gasteiger partial charge < -0.3 is 10.2 Å². The average Bonchev–Trinajstić information content (AvgIpc) is 2.88. The van der Waals surface area contributed by atoms with E-state index in [-0.39, 0.29) is 30.1 Å². The number of imide groups is 1. The van der Waals surface area contributed by atoms with Gasteiger partial charge in [-0.15, -0.1) is 0 Å². The highest BCUT2D eigenvalue weighted by Crippen LogP contribution is 2.24. The molecule has 0 saturated carbocycles. The Balaban J connectivity index is 1.78. The lowest BCUT2D eigenvalue weighted by molar-refractivity contribution is -0.105. The highest BCUT2D eigenvalue weighted by atomic mass is 19.1. The highest BCUT2D eigenvalue weighted by Gasteiger charge is 2.36. The molecule has 2 aromatic carbocycles. The molecule has 27 heavy (non-hydrogen) atoms. The van der Waals surface area contributed by atoms with Gasteiger partial charge in [0, 0.05) is 12.6 Å². The Morgan fingerprint density at radius 3 is 2.26 bits per heavy atom. The van der Waals surface area contributed by atoms with Gasteiger partial charge in [0.25, 0.3) is 11.8 Å². The van der Waals surface area contributed by atoms with E-state index in [0.29, 0.717) is 29.5 Å². The third-order valence-electron chi connectivity index (χ3n) is 4.72. The first kappa shape index (κ1) is 18.7. The van der Waals surface area contributed by atoms with Crippen molar-refractivity contribution in [3.8, 4) is 0 Å². The summed E-state index contributed by atoms with van der Waals surface area (Å²) in [5.74, 6) is -1.14. The predicted octanol–water partition coefficient (Wildman–Crippen LogP) is 2.16. The number of rotatable bonds is 7. The Morgan fingerprint density at radius 2 is 1.74 bits per heavy atom. The second kappa shape index (κ2) is 7.67. The van der Waals surface area contributed by atoms with Crippen LogP contribution in [0, 0.1) is 5.82 Å². The molecule has 1 aliphatic rings. The summed E-state index contributed by atoms with van der Waals surface area (Å²) in [7, 11) is 3.70. The Hall–Kier alpha value is -3.06. The fourth-order valence-corrected chi connectivity index (χ4v) is 3.16. The number of anilines is 1. The molecule has 6 nitrogen and oxygen atoms in total. The van der Waals surface area contributed by atoms with Crippen LogP contribution in [-0.4, -0.2) is 54.7 Å². The van der Waals surface area contributed by atoms with Gasteiger partial charge in [0.05, 0.1) is 16.8 Å². The summed E-state index contributed by atoms with van der Waals surface area (Å²) in [5.41, 5.74) is 1.64. The van der Waals surface area contributed by atoms with E-state index in [1.165, 1.54) is 17.0 Å². The maximum absolute atomic E-state index is 14.0. The van der Waals surface area contributed by atoms with Crippen molar-refractivity contribution < 1.29 is 18.8 Å². The fourth-order valence-electron chi connectivity index (χ4n) is 3.16. The van der Waals surface area contributed by atoms with Crippen molar-refractivity contribution in [1.29, 1.82) is 0 Å². The van der Waals surface area contributed by atoms with E-state index < -0.39 is 5.82 Å². The molecule has 0 saturated heterocycles. The monoisotopic (exact) mass is 369 g/mol. The van der Waals surface area contributed by atoms with E-state index >= 15 is 0 Å². The number of hydrogen-bond acceptors (Lipinski definition) is 4. The molecule has 0 aliphatic carbocycles. The van der Waals surface area contributed by atoms with E-state index in [1.807, 2.05) is 19.0 Å². The molecule has 140 valence electrons. The number of nitrogens with one attached hydrogen (secondary N) is 1. The maximum Gasteiger partial charge on any atom is 0.261 e. The van der Waals surface area contributed by atoms with Crippen molar-refractivity contribution in [1.82, 2.24) is 9.80 Å². The summed E-state index contributed by atoms with van der Waals surface area (Å²) in [5, 5.41) is 2.30. The SMILES string of the molecule is CN(C)[C@@H](Cc1ccc(NC=O)c(F)c1)CN1C(=O)c2ccccc2C1=O. The van der Waals surface area contributed by atoms with Crippen LogP contribution < -0.4 is 5.32 Å². The van der Waals surface area contributed by atoms with E-state index in [1.54, 1.807) is 30.3 Å². The van der Waals surface area contributed by atoms with Gasteiger partial charge in [0.2, 0.25) is 6.41 Å². The zero-order chi connectivity index (χ0) is 19.6. The molecule has 0 spiro atoms. The molecule has 0 radical (unpaired) electrons. The first-order valence-electron chi connectivity index (χ1n) is 8.52. The van der Waals surface area contributed by atoms with Gasteiger partial charge in [-0.25, -0.2) is 4.39 Å². The Kier molecular flexibility index (Phi) is 5.32. The van der Waals surface area contributed by atoms with Crippen LogP contribution in [0.1, 0.15) is 26.3 Å². The molecule has 2 aromatic rings. The van der Waals surface area contributed by atoms with E-state index in [0.717, 1.165) is 0 Å². The standard InChI is InChI=1S/C20H20FN3O3/c1-23(2)14(9-13-7-8-18(22-12-25)17(21)10-13)11-24-19(26)15-5-3-4-6-16(15)20(24)27/h3-8,10,12,14H,9,11H2,1-2H3,(H,22,25)/t14-/m0/s1. The molecule has 1 atom stereocenters. The summed E-state index contributed by atoms with van der Waals surface area (Å²) in [6, 6.07) is 11.1. The van der Waals surface area contributed by atoms with Crippen molar-refractivity contribution in [2.24, 2.45) is 0 Å². The lowest BCUT2D eigenvalue weighted by atomic mass is 10.0. The molecule has 0 bridgehead atoms. The second-order valence-electron chi connectivity index (χ2n) is 6.66. The molecule has 0 unspecified atom stereocenters. The van der Waals surface area contributed by atoms with Crippen LogP contribution in [-0.2, 0) is 11.2 Å². The lowest BCUT2D eigenvalue weighted by Gasteiger charge is -2.28. The highest BCUT2D eigenvalue weighted by molar-refractivity contribution is 6.21. The van der Waals surface area contributed by atoms with E-state index in [4.69, 9.17) is 0 Å². The zero-order valence-corrected chi connectivity index (χ0v) is 15.1. The second-order valence-corrected chi connectivity index (χ2v) is 6.66.